The van der Waals surface area contributed by atoms with Gasteiger partial charge < -0.3 is 14.6 Å². The summed E-state index contributed by atoms with van der Waals surface area (Å²) < 4.78 is 10.3. The van der Waals surface area contributed by atoms with E-state index in [-0.39, 0.29) is 24.4 Å². The van der Waals surface area contributed by atoms with Crippen molar-refractivity contribution >= 4 is 11.9 Å². The molecule has 0 aliphatic heterocycles. The van der Waals surface area contributed by atoms with Crippen molar-refractivity contribution in [2.24, 2.45) is 0 Å². The van der Waals surface area contributed by atoms with E-state index in [0.29, 0.717) is 12.8 Å². The molecule has 0 bridgehead atoms. The highest BCUT2D eigenvalue weighted by atomic mass is 16.5. The van der Waals surface area contributed by atoms with Gasteiger partial charge in [-0.3, -0.25) is 9.59 Å². The molecule has 0 aliphatic rings. The Morgan fingerprint density at radius 2 is 1.88 bits per heavy atom. The van der Waals surface area contributed by atoms with Gasteiger partial charge in [0.1, 0.15) is 5.76 Å². The largest absolute Gasteiger partial charge is 0.463 e. The fraction of sp³-hybridized carbons (Fsp3) is 0.450. The lowest BCUT2D eigenvalue weighted by molar-refractivity contribution is -0.148. The van der Waals surface area contributed by atoms with Gasteiger partial charge in [-0.15, -0.1) is 0 Å². The van der Waals surface area contributed by atoms with Gasteiger partial charge in [0.15, 0.2) is 0 Å². The summed E-state index contributed by atoms with van der Waals surface area (Å²) in [7, 11) is 0. The third-order valence-corrected chi connectivity index (χ3v) is 4.06. The number of benzene rings is 1. The fourth-order valence-electron chi connectivity index (χ4n) is 2.78. The number of esters is 1. The first-order valence-electron chi connectivity index (χ1n) is 8.82. The maximum atomic E-state index is 12.4. The van der Waals surface area contributed by atoms with Crippen molar-refractivity contribution in [2.75, 3.05) is 0 Å². The van der Waals surface area contributed by atoms with Gasteiger partial charge in [-0.1, -0.05) is 35.5 Å². The Hall–Kier alpha value is -2.63. The Balaban J connectivity index is 2.01. The van der Waals surface area contributed by atoms with Crippen molar-refractivity contribution in [3.8, 4) is 0 Å². The molecule has 1 N–H and O–H groups in total. The van der Waals surface area contributed by atoms with Gasteiger partial charge in [-0.2, -0.15) is 0 Å². The van der Waals surface area contributed by atoms with E-state index in [1.54, 1.807) is 13.8 Å². The van der Waals surface area contributed by atoms with Crippen LogP contribution in [0.15, 0.2) is 34.9 Å². The number of aryl methyl sites for hydroxylation is 2. The van der Waals surface area contributed by atoms with E-state index >= 15 is 0 Å². The van der Waals surface area contributed by atoms with Crippen molar-refractivity contribution < 1.29 is 18.8 Å². The lowest BCUT2D eigenvalue weighted by Crippen LogP contribution is -2.31. The number of nitrogens with one attached hydrogen (secondary N) is 1. The maximum Gasteiger partial charge on any atom is 0.308 e. The highest BCUT2D eigenvalue weighted by Gasteiger charge is 2.20. The third-order valence-electron chi connectivity index (χ3n) is 4.06. The molecule has 0 saturated carbocycles. The van der Waals surface area contributed by atoms with E-state index in [1.165, 1.54) is 0 Å². The average molecular weight is 358 g/mol. The molecular weight excluding hydrogens is 332 g/mol. The van der Waals surface area contributed by atoms with E-state index in [9.17, 15) is 9.59 Å². The second kappa shape index (κ2) is 9.17. The SMILES string of the molecule is Cc1noc(C)c1CCC(=O)NC(CC(=O)OC(C)C)c1ccccc1. The van der Waals surface area contributed by atoms with E-state index in [2.05, 4.69) is 10.5 Å². The topological polar surface area (TPSA) is 81.4 Å². The zero-order chi connectivity index (χ0) is 19.1. The van der Waals surface area contributed by atoms with Crippen LogP contribution in [0.1, 0.15) is 55.3 Å². The van der Waals surface area contributed by atoms with Crippen molar-refractivity contribution in [1.82, 2.24) is 10.5 Å². The summed E-state index contributed by atoms with van der Waals surface area (Å²) in [6.07, 6.45) is 0.754. The smallest absolute Gasteiger partial charge is 0.308 e. The van der Waals surface area contributed by atoms with Crippen LogP contribution in [0.5, 0.6) is 0 Å². The minimum absolute atomic E-state index is 0.0965. The van der Waals surface area contributed by atoms with Gasteiger partial charge in [-0.05, 0) is 39.7 Å². The average Bonchev–Trinajstić information content (AvgIpc) is 2.90. The van der Waals surface area contributed by atoms with E-state index in [0.717, 1.165) is 22.6 Å². The molecule has 1 aromatic carbocycles. The lowest BCUT2D eigenvalue weighted by atomic mass is 10.0. The normalized spacial score (nSPS) is 12.0. The molecule has 2 aromatic rings. The van der Waals surface area contributed by atoms with Crippen LogP contribution in [0.25, 0.3) is 0 Å². The summed E-state index contributed by atoms with van der Waals surface area (Å²) in [5.74, 6) is 0.270. The molecule has 1 amide bonds. The van der Waals surface area contributed by atoms with Crippen LogP contribution < -0.4 is 5.32 Å². The number of hydrogen-bond acceptors (Lipinski definition) is 5. The highest BCUT2D eigenvalue weighted by Crippen LogP contribution is 2.19. The Kier molecular flexibility index (Phi) is 6.95. The van der Waals surface area contributed by atoms with Crippen LogP contribution in [0.4, 0.5) is 0 Å². The molecule has 0 aliphatic carbocycles. The number of amides is 1. The number of hydrogen-bond donors (Lipinski definition) is 1. The van der Waals surface area contributed by atoms with Crippen LogP contribution in [0.2, 0.25) is 0 Å². The molecule has 1 aromatic heterocycles. The molecule has 6 heteroatoms. The summed E-state index contributed by atoms with van der Waals surface area (Å²) in [6.45, 7) is 7.30. The first-order valence-corrected chi connectivity index (χ1v) is 8.82. The lowest BCUT2D eigenvalue weighted by Gasteiger charge is -2.19. The van der Waals surface area contributed by atoms with E-state index < -0.39 is 6.04 Å². The number of carbonyl (C=O) groups excluding carboxylic acids is 2. The quantitative estimate of drug-likeness (QED) is 0.731. The number of carbonyl (C=O) groups is 2. The van der Waals surface area contributed by atoms with Crippen LogP contribution in [-0.4, -0.2) is 23.1 Å². The Bertz CT molecular complexity index is 718. The van der Waals surface area contributed by atoms with Gasteiger partial charge in [-0.25, -0.2) is 0 Å². The highest BCUT2D eigenvalue weighted by molar-refractivity contribution is 5.78. The summed E-state index contributed by atoms with van der Waals surface area (Å²) in [6, 6.07) is 9.02. The predicted molar refractivity (Wildman–Crippen MR) is 97.5 cm³/mol. The summed E-state index contributed by atoms with van der Waals surface area (Å²) >= 11 is 0. The Labute approximate surface area is 153 Å². The number of ether oxygens (including phenoxy) is 1. The summed E-state index contributed by atoms with van der Waals surface area (Å²) in [5, 5.41) is 6.85. The second-order valence-electron chi connectivity index (χ2n) is 6.58. The molecule has 0 radical (unpaired) electrons. The van der Waals surface area contributed by atoms with Gasteiger partial charge >= 0.3 is 5.97 Å². The minimum Gasteiger partial charge on any atom is -0.463 e. The first-order chi connectivity index (χ1) is 12.4. The Morgan fingerprint density at radius 1 is 1.19 bits per heavy atom. The van der Waals surface area contributed by atoms with Crippen LogP contribution in [-0.2, 0) is 20.7 Å². The minimum atomic E-state index is -0.417. The second-order valence-corrected chi connectivity index (χ2v) is 6.58. The Morgan fingerprint density at radius 3 is 2.46 bits per heavy atom. The standard InChI is InChI=1S/C20H26N2O4/c1-13(2)25-20(24)12-18(16-8-6-5-7-9-16)21-19(23)11-10-17-14(3)22-26-15(17)4/h5-9,13,18H,10-12H2,1-4H3,(H,21,23). The summed E-state index contributed by atoms with van der Waals surface area (Å²) in [4.78, 5) is 24.5. The number of aromatic nitrogens is 1. The zero-order valence-electron chi connectivity index (χ0n) is 15.7. The monoisotopic (exact) mass is 358 g/mol. The van der Waals surface area contributed by atoms with Gasteiger partial charge in [0.2, 0.25) is 5.91 Å². The van der Waals surface area contributed by atoms with E-state index in [4.69, 9.17) is 9.26 Å². The molecule has 1 atom stereocenters. The molecule has 0 spiro atoms. The first kappa shape index (κ1) is 19.7. The van der Waals surface area contributed by atoms with Gasteiger partial charge in [0, 0.05) is 12.0 Å². The molecular formula is C20H26N2O4. The van der Waals surface area contributed by atoms with Gasteiger partial charge in [0.25, 0.3) is 0 Å². The van der Waals surface area contributed by atoms with Crippen LogP contribution >= 0.6 is 0 Å². The molecule has 2 rings (SSSR count). The molecule has 0 saturated heterocycles. The fourth-order valence-corrected chi connectivity index (χ4v) is 2.78. The van der Waals surface area contributed by atoms with Crippen molar-refractivity contribution in [2.45, 2.75) is 59.1 Å². The molecule has 1 unspecified atom stereocenters. The molecule has 6 nitrogen and oxygen atoms in total. The molecule has 26 heavy (non-hydrogen) atoms. The maximum absolute atomic E-state index is 12.4. The van der Waals surface area contributed by atoms with Crippen LogP contribution in [0.3, 0.4) is 0 Å². The number of rotatable bonds is 8. The summed E-state index contributed by atoms with van der Waals surface area (Å²) in [5.41, 5.74) is 2.63. The van der Waals surface area contributed by atoms with Gasteiger partial charge in [0.05, 0.1) is 24.3 Å². The third kappa shape index (κ3) is 5.72. The van der Waals surface area contributed by atoms with Crippen molar-refractivity contribution in [3.63, 3.8) is 0 Å². The predicted octanol–water partition coefficient (Wildman–Crippen LogP) is 3.42. The molecule has 0 fully saturated rings. The molecule has 140 valence electrons. The van der Waals surface area contributed by atoms with Crippen LogP contribution in [0, 0.1) is 13.8 Å². The van der Waals surface area contributed by atoms with E-state index in [1.807, 2.05) is 44.2 Å². The van der Waals surface area contributed by atoms with Crippen molar-refractivity contribution in [1.29, 1.82) is 0 Å². The van der Waals surface area contributed by atoms with Crippen molar-refractivity contribution in [3.05, 3.63) is 52.9 Å². The molecule has 1 heterocycles. The zero-order valence-corrected chi connectivity index (χ0v) is 15.7. The number of nitrogens with zero attached hydrogens (tertiary/aromatic N) is 1.